The Hall–Kier alpha value is -2.43. The van der Waals surface area contributed by atoms with Crippen molar-refractivity contribution in [1.29, 1.82) is 0 Å². The summed E-state index contributed by atoms with van der Waals surface area (Å²) >= 11 is 0. The van der Waals surface area contributed by atoms with Crippen LogP contribution in [0.25, 0.3) is 5.65 Å². The highest BCUT2D eigenvalue weighted by Crippen LogP contribution is 2.13. The first kappa shape index (κ1) is 19.9. The molecule has 0 spiro atoms. The summed E-state index contributed by atoms with van der Waals surface area (Å²) in [5.74, 6) is 2.46. The zero-order valence-electron chi connectivity index (χ0n) is 15.0. The molecule has 3 aromatic rings. The molecule has 0 amide bonds. The molecule has 0 aliphatic heterocycles. The Balaban J connectivity index is 0.00000243. The first-order valence-corrected chi connectivity index (χ1v) is 8.03. The molecule has 3 rings (SSSR count). The predicted molar refractivity (Wildman–Crippen MR) is 114 cm³/mol. The number of anilines is 1. The van der Waals surface area contributed by atoms with E-state index in [2.05, 4.69) is 36.9 Å². The molecule has 0 saturated carbocycles. The van der Waals surface area contributed by atoms with Crippen molar-refractivity contribution in [3.63, 3.8) is 0 Å². The molecule has 138 valence electrons. The Bertz CT molecular complexity index is 874. The van der Waals surface area contributed by atoms with Crippen molar-refractivity contribution in [2.24, 2.45) is 4.99 Å². The number of nitrogens with one attached hydrogen (secondary N) is 2. The first-order valence-electron chi connectivity index (χ1n) is 8.03. The lowest BCUT2D eigenvalue weighted by molar-refractivity contribution is 0.761. The van der Waals surface area contributed by atoms with Gasteiger partial charge in [0.25, 0.3) is 0 Å². The van der Waals surface area contributed by atoms with Crippen LogP contribution in [0.4, 0.5) is 5.82 Å². The number of fused-ring (bicyclic) bond motifs is 1. The molecule has 3 aromatic heterocycles. The molecule has 0 atom stereocenters. The van der Waals surface area contributed by atoms with E-state index < -0.39 is 0 Å². The van der Waals surface area contributed by atoms with E-state index in [4.69, 9.17) is 0 Å². The molecule has 0 aliphatic carbocycles. The van der Waals surface area contributed by atoms with Crippen LogP contribution in [0.15, 0.2) is 47.7 Å². The van der Waals surface area contributed by atoms with Crippen molar-refractivity contribution in [2.45, 2.75) is 13.1 Å². The largest absolute Gasteiger partial charge is 0.362 e. The molecule has 3 heterocycles. The van der Waals surface area contributed by atoms with E-state index in [1.54, 1.807) is 13.2 Å². The second-order valence-electron chi connectivity index (χ2n) is 5.70. The van der Waals surface area contributed by atoms with Crippen LogP contribution in [-0.2, 0) is 13.1 Å². The van der Waals surface area contributed by atoms with Crippen LogP contribution in [0.3, 0.4) is 0 Å². The topological polar surface area (TPSA) is 82.7 Å². The van der Waals surface area contributed by atoms with E-state index in [1.807, 2.05) is 53.9 Å². The van der Waals surface area contributed by atoms with E-state index in [0.717, 1.165) is 22.9 Å². The van der Waals surface area contributed by atoms with Gasteiger partial charge >= 0.3 is 0 Å². The third kappa shape index (κ3) is 4.59. The summed E-state index contributed by atoms with van der Waals surface area (Å²) in [6.07, 6.45) is 3.74. The number of hydrogen-bond donors (Lipinski definition) is 2. The lowest BCUT2D eigenvalue weighted by Crippen LogP contribution is -2.37. The minimum absolute atomic E-state index is 0. The molecule has 0 fully saturated rings. The summed E-state index contributed by atoms with van der Waals surface area (Å²) in [6.45, 7) is 1.15. The highest BCUT2D eigenvalue weighted by Gasteiger charge is 2.08. The number of halogens is 1. The summed E-state index contributed by atoms with van der Waals surface area (Å²) < 4.78 is 1.95. The van der Waals surface area contributed by atoms with E-state index in [-0.39, 0.29) is 24.0 Å². The van der Waals surface area contributed by atoms with Crippen LogP contribution in [-0.4, -0.2) is 46.7 Å². The number of guanidine groups is 1. The first-order chi connectivity index (χ1) is 12.2. The summed E-state index contributed by atoms with van der Waals surface area (Å²) in [7, 11) is 5.71. The zero-order chi connectivity index (χ0) is 17.6. The van der Waals surface area contributed by atoms with Gasteiger partial charge in [0.05, 0.1) is 6.54 Å². The standard InChI is InChI=1S/C17H22N8.HI/c1-18-17(20-11-13-7-6-9-19-16(13)24(2)3)21-12-15-23-22-14-8-4-5-10-25(14)15;/h4-10H,11-12H2,1-3H3,(H2,18,20,21);1H. The van der Waals surface area contributed by atoms with Crippen molar-refractivity contribution in [3.05, 3.63) is 54.1 Å². The molecular formula is C17H23IN8. The van der Waals surface area contributed by atoms with E-state index in [9.17, 15) is 0 Å². The van der Waals surface area contributed by atoms with Gasteiger partial charge in [-0.1, -0.05) is 12.1 Å². The van der Waals surface area contributed by atoms with E-state index in [0.29, 0.717) is 19.0 Å². The normalized spacial score (nSPS) is 11.1. The second kappa shape index (κ2) is 9.32. The Morgan fingerprint density at radius 2 is 1.92 bits per heavy atom. The zero-order valence-corrected chi connectivity index (χ0v) is 17.4. The monoisotopic (exact) mass is 466 g/mol. The number of hydrogen-bond acceptors (Lipinski definition) is 5. The molecule has 8 nitrogen and oxygen atoms in total. The van der Waals surface area contributed by atoms with Crippen molar-refractivity contribution in [3.8, 4) is 0 Å². The quantitative estimate of drug-likeness (QED) is 0.338. The molecule has 0 unspecified atom stereocenters. The smallest absolute Gasteiger partial charge is 0.191 e. The highest BCUT2D eigenvalue weighted by atomic mass is 127. The SMILES string of the molecule is CN=C(NCc1cccnc1N(C)C)NCc1nnc2ccccn12.I. The van der Waals surface area contributed by atoms with E-state index in [1.165, 1.54) is 0 Å². The predicted octanol–water partition coefficient (Wildman–Crippen LogP) is 1.67. The number of pyridine rings is 2. The summed E-state index contributed by atoms with van der Waals surface area (Å²) in [5, 5.41) is 14.9. The van der Waals surface area contributed by atoms with Gasteiger partial charge < -0.3 is 15.5 Å². The molecule has 0 radical (unpaired) electrons. The molecule has 0 aromatic carbocycles. The third-order valence-electron chi connectivity index (χ3n) is 3.76. The van der Waals surface area contributed by atoms with Gasteiger partial charge in [0, 0.05) is 45.6 Å². The summed E-state index contributed by atoms with van der Waals surface area (Å²) in [6, 6.07) is 9.81. The maximum Gasteiger partial charge on any atom is 0.191 e. The number of aliphatic imine (C=N–C) groups is 1. The second-order valence-corrected chi connectivity index (χ2v) is 5.70. The van der Waals surface area contributed by atoms with Crippen LogP contribution in [0.5, 0.6) is 0 Å². The van der Waals surface area contributed by atoms with Gasteiger partial charge in [-0.05, 0) is 18.2 Å². The molecule has 0 saturated heterocycles. The Morgan fingerprint density at radius 3 is 2.69 bits per heavy atom. The number of nitrogens with zero attached hydrogens (tertiary/aromatic N) is 6. The van der Waals surface area contributed by atoms with Crippen LogP contribution in [0.1, 0.15) is 11.4 Å². The Kier molecular flexibility index (Phi) is 7.13. The van der Waals surface area contributed by atoms with Gasteiger partial charge in [-0.25, -0.2) is 4.98 Å². The van der Waals surface area contributed by atoms with Gasteiger partial charge in [0.1, 0.15) is 5.82 Å². The lowest BCUT2D eigenvalue weighted by atomic mass is 10.2. The molecule has 0 bridgehead atoms. The van der Waals surface area contributed by atoms with Gasteiger partial charge in [0.15, 0.2) is 17.4 Å². The van der Waals surface area contributed by atoms with Gasteiger partial charge in [0.2, 0.25) is 0 Å². The van der Waals surface area contributed by atoms with Crippen molar-refractivity contribution >= 4 is 41.4 Å². The average molecular weight is 466 g/mol. The van der Waals surface area contributed by atoms with Gasteiger partial charge in [-0.2, -0.15) is 0 Å². The fraction of sp³-hybridized carbons (Fsp3) is 0.294. The molecule has 9 heteroatoms. The highest BCUT2D eigenvalue weighted by molar-refractivity contribution is 14.0. The summed E-state index contributed by atoms with van der Waals surface area (Å²) in [4.78, 5) is 10.7. The van der Waals surface area contributed by atoms with Crippen LogP contribution in [0, 0.1) is 0 Å². The molecule has 2 N–H and O–H groups in total. The summed E-state index contributed by atoms with van der Waals surface area (Å²) in [5.41, 5.74) is 1.93. The fourth-order valence-corrected chi connectivity index (χ4v) is 2.54. The lowest BCUT2D eigenvalue weighted by Gasteiger charge is -2.17. The molecular weight excluding hydrogens is 443 g/mol. The van der Waals surface area contributed by atoms with Gasteiger partial charge in [-0.15, -0.1) is 34.2 Å². The molecule has 26 heavy (non-hydrogen) atoms. The van der Waals surface area contributed by atoms with E-state index >= 15 is 0 Å². The van der Waals surface area contributed by atoms with Crippen LogP contribution >= 0.6 is 24.0 Å². The Labute approximate surface area is 169 Å². The van der Waals surface area contributed by atoms with Gasteiger partial charge in [-0.3, -0.25) is 9.39 Å². The molecule has 0 aliphatic rings. The average Bonchev–Trinajstić information content (AvgIpc) is 3.05. The van der Waals surface area contributed by atoms with Crippen LogP contribution in [0.2, 0.25) is 0 Å². The maximum absolute atomic E-state index is 4.41. The minimum atomic E-state index is 0. The van der Waals surface area contributed by atoms with Crippen molar-refractivity contribution < 1.29 is 0 Å². The van der Waals surface area contributed by atoms with Crippen LogP contribution < -0.4 is 15.5 Å². The minimum Gasteiger partial charge on any atom is -0.362 e. The van der Waals surface area contributed by atoms with Crippen molar-refractivity contribution in [2.75, 3.05) is 26.0 Å². The fourth-order valence-electron chi connectivity index (χ4n) is 2.54. The Morgan fingerprint density at radius 1 is 1.12 bits per heavy atom. The third-order valence-corrected chi connectivity index (χ3v) is 3.76. The number of rotatable bonds is 5. The number of aromatic nitrogens is 4. The maximum atomic E-state index is 4.41. The van der Waals surface area contributed by atoms with Crippen molar-refractivity contribution in [1.82, 2.24) is 30.2 Å².